The van der Waals surface area contributed by atoms with Crippen LogP contribution in [0.5, 0.6) is 5.75 Å². The third kappa shape index (κ3) is 10.8. The number of phenols is 1. The summed E-state index contributed by atoms with van der Waals surface area (Å²) in [7, 11) is 0. The largest absolute Gasteiger partial charge is 1.00 e. The molecular weight excluding hydrogens is 571 g/mol. The van der Waals surface area contributed by atoms with Gasteiger partial charge in [-0.05, 0) is 59.7 Å². The van der Waals surface area contributed by atoms with Crippen LogP contribution in [0.1, 0.15) is 66.9 Å². The summed E-state index contributed by atoms with van der Waals surface area (Å²) < 4.78 is 0. The summed E-state index contributed by atoms with van der Waals surface area (Å²) in [5.41, 5.74) is 5.93. The van der Waals surface area contributed by atoms with E-state index in [2.05, 4.69) is 11.9 Å². The van der Waals surface area contributed by atoms with Gasteiger partial charge in [-0.3, -0.25) is 4.79 Å². The quantitative estimate of drug-likeness (QED) is 0.185. The number of carboxylic acids is 1. The van der Waals surface area contributed by atoms with Crippen LogP contribution in [-0.4, -0.2) is 22.7 Å². The molecule has 0 saturated carbocycles. The van der Waals surface area contributed by atoms with Gasteiger partial charge in [-0.15, -0.1) is 0 Å². The minimum absolute atomic E-state index is 0. The van der Waals surface area contributed by atoms with Gasteiger partial charge < -0.3 is 25.7 Å². The molecule has 224 valence electrons. The zero-order chi connectivity index (χ0) is 32.0. The van der Waals surface area contributed by atoms with Crippen LogP contribution >= 0.6 is 11.6 Å². The van der Waals surface area contributed by atoms with Crippen LogP contribution in [0.15, 0.2) is 78.9 Å². The number of para-hydroxylation sites is 1. The number of carboxylic acid groups (broad SMARTS) is 1. The average molecular weight is 613 g/mol. The Morgan fingerprint density at radius 2 is 1.53 bits per heavy atom. The minimum atomic E-state index is -1.16. The molecule has 4 rings (SSSR count). The first-order valence-corrected chi connectivity index (χ1v) is 14.7. The van der Waals surface area contributed by atoms with Crippen molar-refractivity contribution in [3.05, 3.63) is 89.5 Å². The molecular formula is C35H42ClN2NaO4. The zero-order valence-electron chi connectivity index (χ0n) is 26.6. The van der Waals surface area contributed by atoms with E-state index in [0.29, 0.717) is 28.4 Å². The topological polar surface area (TPSA) is 113 Å². The van der Waals surface area contributed by atoms with Gasteiger partial charge in [0.2, 0.25) is 0 Å². The van der Waals surface area contributed by atoms with Crippen molar-refractivity contribution in [2.24, 2.45) is 5.92 Å². The summed E-state index contributed by atoms with van der Waals surface area (Å²) in [4.78, 5) is 22.4. The second kappa shape index (κ2) is 19.9. The normalized spacial score (nSPS) is 12.0. The number of halogens is 1. The minimum Gasteiger partial charge on any atom is -0.545 e. The third-order valence-corrected chi connectivity index (χ3v) is 6.77. The van der Waals surface area contributed by atoms with E-state index < -0.39 is 5.97 Å². The molecule has 0 radical (unpaired) electrons. The van der Waals surface area contributed by atoms with Crippen LogP contribution < -0.4 is 40.0 Å². The van der Waals surface area contributed by atoms with Gasteiger partial charge in [-0.2, -0.15) is 0 Å². The molecule has 6 nitrogen and oxygen atoms in total. The van der Waals surface area contributed by atoms with E-state index in [9.17, 15) is 19.8 Å². The Morgan fingerprint density at radius 1 is 1.00 bits per heavy atom. The number of fused-ring (bicyclic) bond motifs is 1. The second-order valence-corrected chi connectivity index (χ2v) is 9.39. The molecule has 8 heteroatoms. The van der Waals surface area contributed by atoms with E-state index in [4.69, 9.17) is 17.0 Å². The maximum absolute atomic E-state index is 11.7. The van der Waals surface area contributed by atoms with Gasteiger partial charge >= 0.3 is 29.6 Å². The van der Waals surface area contributed by atoms with Crippen molar-refractivity contribution in [2.45, 2.75) is 61.3 Å². The molecule has 0 saturated heterocycles. The van der Waals surface area contributed by atoms with E-state index in [1.807, 2.05) is 90.9 Å². The fourth-order valence-electron chi connectivity index (χ4n) is 3.93. The van der Waals surface area contributed by atoms with Crippen molar-refractivity contribution in [3.8, 4) is 28.0 Å². The number of hydrogen-bond donors (Lipinski definition) is 3. The molecule has 1 aliphatic rings. The summed E-state index contributed by atoms with van der Waals surface area (Å²) in [6.07, 6.45) is 2.70. The molecule has 3 aromatic rings. The van der Waals surface area contributed by atoms with Crippen LogP contribution in [0, 0.1) is 11.3 Å². The molecule has 1 heterocycles. The molecule has 0 spiro atoms. The van der Waals surface area contributed by atoms with Crippen molar-refractivity contribution in [1.29, 1.82) is 5.41 Å². The number of benzene rings is 3. The number of carbonyl (C=O) groups is 2. The molecule has 1 unspecified atom stereocenters. The van der Waals surface area contributed by atoms with Crippen molar-refractivity contribution < 1.29 is 49.4 Å². The number of rotatable bonds is 7. The fourth-order valence-corrected chi connectivity index (χ4v) is 4.20. The second-order valence-electron chi connectivity index (χ2n) is 8.98. The van der Waals surface area contributed by atoms with Crippen molar-refractivity contribution in [1.82, 2.24) is 0 Å². The van der Waals surface area contributed by atoms with Gasteiger partial charge in [-0.25, -0.2) is 0 Å². The summed E-state index contributed by atoms with van der Waals surface area (Å²) in [5, 5.41) is 31.3. The Labute approximate surface area is 283 Å². The SMILES string of the molecule is C=C1C(=O)Nc2cc(Cl)c(-c3ccc(-c4ccccc4O)cc3)cc21.CC.CC.CCC(=N)/C=C(/C(=O)[O-])C(C)CC.[Na+]. The first kappa shape index (κ1) is 39.8. The number of amides is 1. The summed E-state index contributed by atoms with van der Waals surface area (Å²) in [5.74, 6) is -1.16. The predicted molar refractivity (Wildman–Crippen MR) is 175 cm³/mol. The molecule has 1 amide bonds. The number of anilines is 1. The van der Waals surface area contributed by atoms with Crippen molar-refractivity contribution in [2.75, 3.05) is 5.32 Å². The number of nitrogens with one attached hydrogen (secondary N) is 2. The van der Waals surface area contributed by atoms with Gasteiger partial charge in [0.05, 0.1) is 16.7 Å². The zero-order valence-corrected chi connectivity index (χ0v) is 29.4. The number of hydrogen-bond acceptors (Lipinski definition) is 5. The predicted octanol–water partition coefficient (Wildman–Crippen LogP) is 5.54. The molecule has 3 aromatic carbocycles. The monoisotopic (exact) mass is 612 g/mol. The van der Waals surface area contributed by atoms with E-state index in [1.54, 1.807) is 18.2 Å². The summed E-state index contributed by atoms with van der Waals surface area (Å²) >= 11 is 6.40. The molecule has 1 atom stereocenters. The number of aromatic hydroxyl groups is 1. The fraction of sp³-hybridized carbons (Fsp3) is 0.286. The Morgan fingerprint density at radius 3 is 2.02 bits per heavy atom. The molecule has 0 aliphatic carbocycles. The van der Waals surface area contributed by atoms with Gasteiger partial charge in [-0.1, -0.05) is 109 Å². The van der Waals surface area contributed by atoms with Gasteiger partial charge in [0.15, 0.2) is 0 Å². The molecule has 0 bridgehead atoms. The van der Waals surface area contributed by atoms with Gasteiger partial charge in [0.25, 0.3) is 5.91 Å². The van der Waals surface area contributed by atoms with Gasteiger partial charge in [0.1, 0.15) is 5.75 Å². The third-order valence-electron chi connectivity index (χ3n) is 6.46. The van der Waals surface area contributed by atoms with Crippen LogP contribution in [0.2, 0.25) is 5.02 Å². The van der Waals surface area contributed by atoms with Crippen LogP contribution in [0.3, 0.4) is 0 Å². The van der Waals surface area contributed by atoms with Crippen LogP contribution in [-0.2, 0) is 9.59 Å². The Hall–Kier alpha value is -3.16. The number of phenolic OH excluding ortho intramolecular Hbond substituents is 1. The Kier molecular flexibility index (Phi) is 18.5. The molecule has 0 aromatic heterocycles. The van der Waals surface area contributed by atoms with Gasteiger partial charge in [0, 0.05) is 28.0 Å². The van der Waals surface area contributed by atoms with E-state index in [1.165, 1.54) is 6.08 Å². The average Bonchev–Trinajstić information content (AvgIpc) is 3.29. The van der Waals surface area contributed by atoms with E-state index in [0.717, 1.165) is 34.2 Å². The number of aliphatic carboxylic acids is 1. The number of carbonyl (C=O) groups excluding carboxylic acids is 2. The Balaban J connectivity index is 0.000000842. The van der Waals surface area contributed by atoms with Crippen molar-refractivity contribution >= 4 is 40.4 Å². The molecule has 0 fully saturated rings. The van der Waals surface area contributed by atoms with Crippen molar-refractivity contribution in [3.63, 3.8) is 0 Å². The molecule has 1 aliphatic heterocycles. The Bertz CT molecular complexity index is 1430. The first-order valence-electron chi connectivity index (χ1n) is 14.3. The van der Waals surface area contributed by atoms with E-state index in [-0.39, 0.29) is 52.7 Å². The standard InChI is InChI=1S/C21H14ClNO2.C10H17NO2.2C2H6.Na/c1-12-16-10-17(18(22)11-19(16)23-21(12)25)14-8-6-13(7-9-14)15-4-2-3-5-20(15)24;1-4-7(3)9(10(12)13)6-8(11)5-2;2*1-2;/h2-11,24H,1H2,(H,23,25);6-7,11H,4-5H2,1-3H3,(H,12,13);2*1-2H3;/q;;;;+1/p-1/b;9-6+,11-8?;;;. The maximum atomic E-state index is 11.7. The molecule has 43 heavy (non-hydrogen) atoms. The maximum Gasteiger partial charge on any atom is 1.00 e. The smallest absolute Gasteiger partial charge is 0.545 e. The van der Waals surface area contributed by atoms with Crippen LogP contribution in [0.25, 0.3) is 27.8 Å². The molecule has 3 N–H and O–H groups in total. The van der Waals surface area contributed by atoms with Crippen LogP contribution in [0.4, 0.5) is 5.69 Å². The summed E-state index contributed by atoms with van der Waals surface area (Å²) in [6.45, 7) is 17.4. The summed E-state index contributed by atoms with van der Waals surface area (Å²) in [6, 6.07) is 18.6. The first-order chi connectivity index (χ1) is 20.1. The van der Waals surface area contributed by atoms with E-state index >= 15 is 0 Å². The number of allylic oxidation sites excluding steroid dienone is 1.